The minimum Gasteiger partial charge on any atom is -0.493 e. The van der Waals surface area contributed by atoms with E-state index in [0.29, 0.717) is 12.0 Å². The predicted octanol–water partition coefficient (Wildman–Crippen LogP) is 2.99. The summed E-state index contributed by atoms with van der Waals surface area (Å²) in [5.41, 5.74) is 5.35. The van der Waals surface area contributed by atoms with Gasteiger partial charge in [-0.3, -0.25) is 9.69 Å². The molecule has 4 aliphatic rings. The predicted molar refractivity (Wildman–Crippen MR) is 121 cm³/mol. The van der Waals surface area contributed by atoms with Gasteiger partial charge in [-0.2, -0.15) is 0 Å². The number of carbonyl (C=O) groups is 1. The van der Waals surface area contributed by atoms with Crippen LogP contribution < -0.4 is 14.5 Å². The molecule has 0 aliphatic carbocycles. The number of anilines is 2. The summed E-state index contributed by atoms with van der Waals surface area (Å²) in [6.07, 6.45) is 6.37. The maximum atomic E-state index is 12.1. The van der Waals surface area contributed by atoms with E-state index in [1.54, 1.807) is 6.92 Å². The number of amides is 1. The lowest BCUT2D eigenvalue weighted by molar-refractivity contribution is -0.116. The lowest BCUT2D eigenvalue weighted by atomic mass is 9.89. The molecule has 5 heterocycles. The van der Waals surface area contributed by atoms with E-state index in [9.17, 15) is 4.79 Å². The van der Waals surface area contributed by atoms with Crippen molar-refractivity contribution in [2.24, 2.45) is 0 Å². The van der Waals surface area contributed by atoms with E-state index in [1.807, 2.05) is 11.1 Å². The second-order valence-corrected chi connectivity index (χ2v) is 9.31. The highest BCUT2D eigenvalue weighted by Gasteiger charge is 2.45. The van der Waals surface area contributed by atoms with Crippen LogP contribution in [0, 0.1) is 0 Å². The van der Waals surface area contributed by atoms with Crippen molar-refractivity contribution < 1.29 is 9.53 Å². The van der Waals surface area contributed by atoms with Gasteiger partial charge >= 0.3 is 0 Å². The Labute approximate surface area is 183 Å². The highest BCUT2D eigenvalue weighted by Crippen LogP contribution is 2.49. The molecule has 0 radical (unpaired) electrons. The van der Waals surface area contributed by atoms with Crippen LogP contribution in [0.15, 0.2) is 30.5 Å². The molecular formula is C25H30N4O2. The van der Waals surface area contributed by atoms with Crippen LogP contribution in [0.1, 0.15) is 42.4 Å². The van der Waals surface area contributed by atoms with Crippen LogP contribution in [0.4, 0.5) is 11.5 Å². The van der Waals surface area contributed by atoms with Crippen LogP contribution in [0.2, 0.25) is 0 Å². The summed E-state index contributed by atoms with van der Waals surface area (Å²) < 4.78 is 5.88. The average molecular weight is 419 g/mol. The third kappa shape index (κ3) is 3.11. The first-order valence-corrected chi connectivity index (χ1v) is 11.7. The van der Waals surface area contributed by atoms with Crippen LogP contribution in [-0.2, 0) is 17.6 Å². The number of likely N-dealkylation sites (tertiary alicyclic amines) is 1. The number of nitrogens with zero attached hydrogens (tertiary/aromatic N) is 4. The number of hydrogen-bond acceptors (Lipinski definition) is 5. The first-order chi connectivity index (χ1) is 15.2. The summed E-state index contributed by atoms with van der Waals surface area (Å²) >= 11 is 0. The quantitative estimate of drug-likeness (QED) is 0.764. The Morgan fingerprint density at radius 2 is 2.16 bits per heavy atom. The van der Waals surface area contributed by atoms with Crippen molar-refractivity contribution in [3.8, 4) is 5.75 Å². The van der Waals surface area contributed by atoms with Crippen LogP contribution in [0.25, 0.3) is 0 Å². The zero-order valence-electron chi connectivity index (χ0n) is 18.2. The highest BCUT2D eigenvalue weighted by molar-refractivity contribution is 5.96. The molecule has 162 valence electrons. The number of carbonyl (C=O) groups excluding carboxylic acids is 1. The van der Waals surface area contributed by atoms with Crippen LogP contribution in [0.5, 0.6) is 5.75 Å². The van der Waals surface area contributed by atoms with E-state index in [4.69, 9.17) is 4.74 Å². The van der Waals surface area contributed by atoms with Gasteiger partial charge in [0.05, 0.1) is 12.3 Å². The van der Waals surface area contributed by atoms with Crippen LogP contribution in [-0.4, -0.2) is 61.2 Å². The molecule has 31 heavy (non-hydrogen) atoms. The second-order valence-electron chi connectivity index (χ2n) is 9.31. The van der Waals surface area contributed by atoms with Gasteiger partial charge in [0.25, 0.3) is 0 Å². The molecule has 0 spiro atoms. The Bertz CT molecular complexity index is 1020. The van der Waals surface area contributed by atoms with E-state index < -0.39 is 0 Å². The number of hydrogen-bond donors (Lipinski definition) is 0. The standard InChI is InChI=1S/C25H30N4O2/c1-17(30)28-13-14-29-22-8-12-27(16-21(22)20-7-10-26-25(28)23(20)29)11-3-6-18-4-2-5-19-9-15-31-24(18)19/h2,4-5,7,10,21-22H,3,6,8-9,11-16H2,1H3/t21-,22-/m0/s1. The van der Waals surface area contributed by atoms with Gasteiger partial charge in [-0.1, -0.05) is 18.2 Å². The van der Waals surface area contributed by atoms with Crippen molar-refractivity contribution >= 4 is 17.4 Å². The lowest BCUT2D eigenvalue weighted by Crippen LogP contribution is -2.50. The first-order valence-electron chi connectivity index (χ1n) is 11.7. The van der Waals surface area contributed by atoms with Gasteiger partial charge in [-0.05, 0) is 48.6 Å². The van der Waals surface area contributed by atoms with Crippen molar-refractivity contribution in [3.63, 3.8) is 0 Å². The summed E-state index contributed by atoms with van der Waals surface area (Å²) in [4.78, 5) is 23.8. The minimum absolute atomic E-state index is 0.0911. The van der Waals surface area contributed by atoms with Gasteiger partial charge in [0, 0.05) is 57.7 Å². The van der Waals surface area contributed by atoms with Crippen molar-refractivity contribution in [1.29, 1.82) is 0 Å². The molecule has 1 aromatic carbocycles. The van der Waals surface area contributed by atoms with E-state index in [-0.39, 0.29) is 5.91 Å². The fourth-order valence-electron chi connectivity index (χ4n) is 6.17. The van der Waals surface area contributed by atoms with Crippen molar-refractivity contribution in [2.45, 2.75) is 44.6 Å². The molecular weight excluding hydrogens is 388 g/mol. The van der Waals surface area contributed by atoms with Gasteiger partial charge in [0.1, 0.15) is 5.75 Å². The number of aromatic nitrogens is 1. The zero-order valence-corrected chi connectivity index (χ0v) is 18.2. The molecule has 1 amide bonds. The van der Waals surface area contributed by atoms with Crippen molar-refractivity contribution in [2.75, 3.05) is 49.1 Å². The number of pyridine rings is 1. The molecule has 0 bridgehead atoms. The van der Waals surface area contributed by atoms with E-state index >= 15 is 0 Å². The fraction of sp³-hybridized carbons (Fsp3) is 0.520. The number of aryl methyl sites for hydroxylation is 1. The average Bonchev–Trinajstić information content (AvgIpc) is 3.39. The topological polar surface area (TPSA) is 48.9 Å². The summed E-state index contributed by atoms with van der Waals surface area (Å²) in [5, 5.41) is 0. The maximum Gasteiger partial charge on any atom is 0.225 e. The minimum atomic E-state index is 0.0911. The Morgan fingerprint density at radius 1 is 1.23 bits per heavy atom. The van der Waals surface area contributed by atoms with Gasteiger partial charge in [-0.15, -0.1) is 0 Å². The van der Waals surface area contributed by atoms with Gasteiger partial charge in [0.2, 0.25) is 5.91 Å². The molecule has 1 aromatic heterocycles. The van der Waals surface area contributed by atoms with Gasteiger partial charge < -0.3 is 14.5 Å². The summed E-state index contributed by atoms with van der Waals surface area (Å²) in [6, 6.07) is 9.34. The first kappa shape index (κ1) is 19.1. The SMILES string of the molecule is CC(=O)N1CCN2c3c(ccnc31)[C@@H]1CN(CCCc3cccc4c3OCC4)CC[C@@H]12. The molecule has 1 saturated heterocycles. The normalized spacial score (nSPS) is 23.9. The number of piperidine rings is 1. The van der Waals surface area contributed by atoms with E-state index in [1.165, 1.54) is 28.8 Å². The maximum absolute atomic E-state index is 12.1. The number of rotatable bonds is 4. The van der Waals surface area contributed by atoms with Crippen molar-refractivity contribution in [3.05, 3.63) is 47.2 Å². The third-order valence-electron chi connectivity index (χ3n) is 7.60. The second kappa shape index (κ2) is 7.52. The Kier molecular flexibility index (Phi) is 4.64. The number of fused-ring (bicyclic) bond motifs is 4. The summed E-state index contributed by atoms with van der Waals surface area (Å²) in [6.45, 7) is 7.51. The lowest BCUT2D eigenvalue weighted by Gasteiger charge is -2.41. The summed E-state index contributed by atoms with van der Waals surface area (Å²) in [7, 11) is 0. The van der Waals surface area contributed by atoms with Crippen molar-refractivity contribution in [1.82, 2.24) is 9.88 Å². The number of para-hydroxylation sites is 1. The van der Waals surface area contributed by atoms with Crippen LogP contribution >= 0.6 is 0 Å². The molecule has 6 rings (SSSR count). The molecule has 6 heteroatoms. The molecule has 6 nitrogen and oxygen atoms in total. The summed E-state index contributed by atoms with van der Waals surface area (Å²) in [5.74, 6) is 2.63. The Balaban J connectivity index is 1.15. The zero-order chi connectivity index (χ0) is 20.9. The molecule has 1 fully saturated rings. The number of benzene rings is 1. The molecule has 0 N–H and O–H groups in total. The molecule has 2 atom stereocenters. The number of ether oxygens (including phenoxy) is 1. The fourth-order valence-corrected chi connectivity index (χ4v) is 6.17. The molecule has 4 aliphatic heterocycles. The molecule has 2 aromatic rings. The van der Waals surface area contributed by atoms with E-state index in [2.05, 4.69) is 39.0 Å². The van der Waals surface area contributed by atoms with Crippen LogP contribution in [0.3, 0.4) is 0 Å². The highest BCUT2D eigenvalue weighted by atomic mass is 16.5. The smallest absolute Gasteiger partial charge is 0.225 e. The largest absolute Gasteiger partial charge is 0.493 e. The Hall–Kier alpha value is -2.60. The Morgan fingerprint density at radius 3 is 3.06 bits per heavy atom. The third-order valence-corrected chi connectivity index (χ3v) is 7.60. The van der Waals surface area contributed by atoms with E-state index in [0.717, 1.165) is 70.2 Å². The van der Waals surface area contributed by atoms with Gasteiger partial charge in [-0.25, -0.2) is 4.98 Å². The van der Waals surface area contributed by atoms with Gasteiger partial charge in [0.15, 0.2) is 5.82 Å². The molecule has 0 unspecified atom stereocenters. The monoisotopic (exact) mass is 418 g/mol. The molecule has 0 saturated carbocycles.